The molecule has 0 saturated carbocycles. The van der Waals surface area contributed by atoms with Crippen molar-refractivity contribution in [2.24, 2.45) is 0 Å². The zero-order valence-corrected chi connectivity index (χ0v) is 10.6. The first-order valence-corrected chi connectivity index (χ1v) is 6.38. The summed E-state index contributed by atoms with van der Waals surface area (Å²) in [5, 5.41) is 17.2. The number of anilines is 1. The van der Waals surface area contributed by atoms with Gasteiger partial charge in [-0.2, -0.15) is 0 Å². The summed E-state index contributed by atoms with van der Waals surface area (Å²) in [4.78, 5) is 11.5. The van der Waals surface area contributed by atoms with Crippen LogP contribution in [0.15, 0.2) is 12.1 Å². The van der Waals surface area contributed by atoms with Gasteiger partial charge in [-0.25, -0.2) is 0 Å². The normalized spacial score (nSPS) is 18.6. The van der Waals surface area contributed by atoms with Gasteiger partial charge in [-0.05, 0) is 38.4 Å². The van der Waals surface area contributed by atoms with Crippen LogP contribution in [0, 0.1) is 0 Å². The van der Waals surface area contributed by atoms with Gasteiger partial charge in [0.1, 0.15) is 5.82 Å². The molecule has 1 atom stereocenters. The molecule has 18 heavy (non-hydrogen) atoms. The molecule has 0 aromatic carbocycles. The Kier molecular flexibility index (Phi) is 4.46. The summed E-state index contributed by atoms with van der Waals surface area (Å²) >= 11 is 0. The van der Waals surface area contributed by atoms with Crippen LogP contribution in [0.5, 0.6) is 0 Å². The fourth-order valence-electron chi connectivity index (χ4n) is 1.96. The van der Waals surface area contributed by atoms with Crippen LogP contribution < -0.4 is 16.0 Å². The smallest absolute Gasteiger partial charge is 0.271 e. The van der Waals surface area contributed by atoms with Crippen molar-refractivity contribution >= 4 is 11.7 Å². The molecular weight excluding hydrogens is 230 g/mol. The highest BCUT2D eigenvalue weighted by atomic mass is 16.1. The van der Waals surface area contributed by atoms with Gasteiger partial charge < -0.3 is 16.0 Å². The number of carbonyl (C=O) groups is 1. The van der Waals surface area contributed by atoms with Crippen molar-refractivity contribution in [3.63, 3.8) is 0 Å². The lowest BCUT2D eigenvalue weighted by Gasteiger charge is -2.11. The van der Waals surface area contributed by atoms with Crippen molar-refractivity contribution in [3.8, 4) is 0 Å². The van der Waals surface area contributed by atoms with Gasteiger partial charge in [0.25, 0.3) is 5.91 Å². The van der Waals surface area contributed by atoms with Crippen LogP contribution in [0.1, 0.15) is 30.3 Å². The van der Waals surface area contributed by atoms with E-state index in [0.717, 1.165) is 13.1 Å². The second kappa shape index (κ2) is 6.30. The van der Waals surface area contributed by atoms with Crippen molar-refractivity contribution in [1.29, 1.82) is 0 Å². The highest BCUT2D eigenvalue weighted by Gasteiger charge is 2.13. The van der Waals surface area contributed by atoms with E-state index in [9.17, 15) is 4.79 Å². The first-order valence-electron chi connectivity index (χ1n) is 6.38. The zero-order valence-electron chi connectivity index (χ0n) is 10.6. The number of nitrogens with one attached hydrogen (secondary N) is 3. The van der Waals surface area contributed by atoms with Crippen LogP contribution in [-0.4, -0.2) is 41.8 Å². The van der Waals surface area contributed by atoms with Crippen molar-refractivity contribution in [3.05, 3.63) is 17.8 Å². The molecule has 0 radical (unpaired) electrons. The van der Waals surface area contributed by atoms with Crippen molar-refractivity contribution in [1.82, 2.24) is 20.8 Å². The van der Waals surface area contributed by atoms with E-state index in [1.807, 2.05) is 6.92 Å². The Morgan fingerprint density at radius 2 is 2.39 bits per heavy atom. The third kappa shape index (κ3) is 3.40. The van der Waals surface area contributed by atoms with E-state index in [2.05, 4.69) is 26.1 Å². The Morgan fingerprint density at radius 3 is 3.00 bits per heavy atom. The zero-order chi connectivity index (χ0) is 12.8. The first kappa shape index (κ1) is 12.8. The molecule has 2 rings (SSSR count). The van der Waals surface area contributed by atoms with Gasteiger partial charge in [-0.3, -0.25) is 4.79 Å². The molecule has 1 saturated heterocycles. The van der Waals surface area contributed by atoms with Crippen LogP contribution in [0.2, 0.25) is 0 Å². The van der Waals surface area contributed by atoms with E-state index in [0.29, 0.717) is 24.1 Å². The fourth-order valence-corrected chi connectivity index (χ4v) is 1.96. The molecule has 1 unspecified atom stereocenters. The van der Waals surface area contributed by atoms with Gasteiger partial charge in [0.2, 0.25) is 0 Å². The molecule has 6 heteroatoms. The van der Waals surface area contributed by atoms with Crippen LogP contribution in [0.25, 0.3) is 0 Å². The van der Waals surface area contributed by atoms with E-state index >= 15 is 0 Å². The number of rotatable bonds is 5. The van der Waals surface area contributed by atoms with Gasteiger partial charge in [0.05, 0.1) is 0 Å². The summed E-state index contributed by atoms with van der Waals surface area (Å²) in [5.74, 6) is 0.519. The molecule has 1 amide bonds. The van der Waals surface area contributed by atoms with Gasteiger partial charge >= 0.3 is 0 Å². The first-order chi connectivity index (χ1) is 8.79. The Hall–Kier alpha value is -1.69. The molecule has 0 bridgehead atoms. The Labute approximate surface area is 107 Å². The van der Waals surface area contributed by atoms with Gasteiger partial charge in [0, 0.05) is 19.1 Å². The van der Waals surface area contributed by atoms with E-state index in [1.54, 1.807) is 12.1 Å². The maximum Gasteiger partial charge on any atom is 0.271 e. The number of aromatic nitrogens is 2. The Balaban J connectivity index is 1.85. The second-order valence-corrected chi connectivity index (χ2v) is 4.34. The van der Waals surface area contributed by atoms with Gasteiger partial charge in [0.15, 0.2) is 5.69 Å². The molecule has 1 aliphatic rings. The fraction of sp³-hybridized carbons (Fsp3) is 0.583. The molecule has 0 aliphatic carbocycles. The van der Waals surface area contributed by atoms with Gasteiger partial charge in [-0.15, -0.1) is 10.2 Å². The lowest BCUT2D eigenvalue weighted by atomic mass is 10.2. The highest BCUT2D eigenvalue weighted by Crippen LogP contribution is 2.07. The minimum Gasteiger partial charge on any atom is -0.367 e. The molecule has 1 aromatic rings. The maximum absolute atomic E-state index is 11.5. The average Bonchev–Trinajstić information content (AvgIpc) is 2.90. The predicted octanol–water partition coefficient (Wildman–Crippen LogP) is 0.390. The summed E-state index contributed by atoms with van der Waals surface area (Å²) in [7, 11) is 0. The number of hydrogen-bond donors (Lipinski definition) is 3. The number of nitrogens with zero attached hydrogens (tertiary/aromatic N) is 2. The number of hydrogen-bond acceptors (Lipinski definition) is 5. The quantitative estimate of drug-likeness (QED) is 0.703. The van der Waals surface area contributed by atoms with Crippen LogP contribution in [0.4, 0.5) is 5.82 Å². The minimum atomic E-state index is -0.186. The monoisotopic (exact) mass is 249 g/mol. The lowest BCUT2D eigenvalue weighted by Crippen LogP contribution is -2.29. The number of amides is 1. The lowest BCUT2D eigenvalue weighted by molar-refractivity contribution is 0.0950. The maximum atomic E-state index is 11.5. The standard InChI is InChI=1S/C12H19N5O/c1-2-13-12(18)10-5-6-11(17-16-10)15-8-9-4-3-7-14-9/h5-6,9,14H,2-4,7-8H2,1H3,(H,13,18)(H,15,17). The molecule has 0 spiro atoms. The van der Waals surface area contributed by atoms with Crippen molar-refractivity contribution < 1.29 is 4.79 Å². The summed E-state index contributed by atoms with van der Waals surface area (Å²) in [6, 6.07) is 3.98. The van der Waals surface area contributed by atoms with Crippen LogP contribution >= 0.6 is 0 Å². The molecule has 2 heterocycles. The minimum absolute atomic E-state index is 0.186. The van der Waals surface area contributed by atoms with Crippen LogP contribution in [-0.2, 0) is 0 Å². The van der Waals surface area contributed by atoms with Crippen molar-refractivity contribution in [2.45, 2.75) is 25.8 Å². The molecule has 1 aromatic heterocycles. The molecular formula is C12H19N5O. The third-order valence-electron chi connectivity index (χ3n) is 2.93. The summed E-state index contributed by atoms with van der Waals surface area (Å²) in [6.07, 6.45) is 2.42. The molecule has 1 aliphatic heterocycles. The van der Waals surface area contributed by atoms with Crippen molar-refractivity contribution in [2.75, 3.05) is 25.0 Å². The second-order valence-electron chi connectivity index (χ2n) is 4.34. The van der Waals surface area contributed by atoms with E-state index < -0.39 is 0 Å². The topological polar surface area (TPSA) is 78.9 Å². The average molecular weight is 249 g/mol. The summed E-state index contributed by atoms with van der Waals surface area (Å²) in [5.41, 5.74) is 0.349. The largest absolute Gasteiger partial charge is 0.367 e. The van der Waals surface area contributed by atoms with Crippen LogP contribution in [0.3, 0.4) is 0 Å². The third-order valence-corrected chi connectivity index (χ3v) is 2.93. The number of carbonyl (C=O) groups excluding carboxylic acids is 1. The van der Waals surface area contributed by atoms with E-state index in [1.165, 1.54) is 12.8 Å². The molecule has 98 valence electrons. The van der Waals surface area contributed by atoms with E-state index in [4.69, 9.17) is 0 Å². The summed E-state index contributed by atoms with van der Waals surface area (Å²) in [6.45, 7) is 4.40. The Bertz CT molecular complexity index is 386. The Morgan fingerprint density at radius 1 is 1.50 bits per heavy atom. The van der Waals surface area contributed by atoms with E-state index in [-0.39, 0.29) is 5.91 Å². The SMILES string of the molecule is CCNC(=O)c1ccc(NCC2CCCN2)nn1. The summed E-state index contributed by atoms with van der Waals surface area (Å²) < 4.78 is 0. The van der Waals surface area contributed by atoms with Gasteiger partial charge in [-0.1, -0.05) is 0 Å². The molecule has 1 fully saturated rings. The predicted molar refractivity (Wildman–Crippen MR) is 69.6 cm³/mol. The highest BCUT2D eigenvalue weighted by molar-refractivity contribution is 5.92. The molecule has 3 N–H and O–H groups in total. The molecule has 6 nitrogen and oxygen atoms in total.